The molecule has 23 heavy (non-hydrogen) atoms. The molecule has 7 nitrogen and oxygen atoms in total. The minimum absolute atomic E-state index is 0.109. The van der Waals surface area contributed by atoms with Gasteiger partial charge >= 0.3 is 5.97 Å². The second-order valence-corrected chi connectivity index (χ2v) is 5.73. The van der Waals surface area contributed by atoms with E-state index in [1.807, 2.05) is 6.92 Å². The van der Waals surface area contributed by atoms with Gasteiger partial charge in [0, 0.05) is 13.0 Å². The Morgan fingerprint density at radius 3 is 2.61 bits per heavy atom. The number of hydrogen-bond acceptors (Lipinski definition) is 5. The molecule has 0 aliphatic carbocycles. The molecule has 2 rings (SSSR count). The van der Waals surface area contributed by atoms with Crippen LogP contribution in [-0.4, -0.2) is 52.5 Å². The van der Waals surface area contributed by atoms with Crippen LogP contribution in [0.5, 0.6) is 0 Å². The molecule has 0 bridgehead atoms. The van der Waals surface area contributed by atoms with Gasteiger partial charge in [-0.15, -0.1) is 0 Å². The fourth-order valence-electron chi connectivity index (χ4n) is 2.83. The van der Waals surface area contributed by atoms with Gasteiger partial charge in [-0.2, -0.15) is 0 Å². The number of aromatic carboxylic acids is 1. The molecule has 1 aliphatic heterocycles. The van der Waals surface area contributed by atoms with Crippen molar-refractivity contribution in [3.05, 3.63) is 23.8 Å². The predicted molar refractivity (Wildman–Crippen MR) is 85.8 cm³/mol. The van der Waals surface area contributed by atoms with Crippen LogP contribution in [0.1, 0.15) is 36.5 Å². The minimum Gasteiger partial charge on any atom is -0.478 e. The standard InChI is InChI=1S/C16H22N2O5/c1-2-7-17-12-8-11(15(22)23)3-4-13(12)18-14(21)5-6-16(18,9-19)10-20/h3-4,8,17,19-20H,2,5-7,9-10H2,1H3,(H,22,23). The molecule has 126 valence electrons. The molecule has 1 aromatic carbocycles. The van der Waals surface area contributed by atoms with Crippen LogP contribution in [0.2, 0.25) is 0 Å². The van der Waals surface area contributed by atoms with E-state index < -0.39 is 11.5 Å². The summed E-state index contributed by atoms with van der Waals surface area (Å²) in [5.74, 6) is -1.25. The Kier molecular flexibility index (Phi) is 5.23. The van der Waals surface area contributed by atoms with Crippen LogP contribution in [0, 0.1) is 0 Å². The number of amides is 1. The second-order valence-electron chi connectivity index (χ2n) is 5.73. The largest absolute Gasteiger partial charge is 0.478 e. The maximum Gasteiger partial charge on any atom is 0.335 e. The summed E-state index contributed by atoms with van der Waals surface area (Å²) in [7, 11) is 0. The van der Waals surface area contributed by atoms with Crippen molar-refractivity contribution in [2.45, 2.75) is 31.7 Å². The van der Waals surface area contributed by atoms with E-state index in [1.54, 1.807) is 6.07 Å². The summed E-state index contributed by atoms with van der Waals surface area (Å²) in [5, 5.41) is 31.7. The molecular formula is C16H22N2O5. The van der Waals surface area contributed by atoms with Gasteiger partial charge < -0.3 is 20.6 Å². The van der Waals surface area contributed by atoms with Gasteiger partial charge in [0.1, 0.15) is 0 Å². The van der Waals surface area contributed by atoms with Crippen LogP contribution >= 0.6 is 0 Å². The highest BCUT2D eigenvalue weighted by Gasteiger charge is 2.46. The Morgan fingerprint density at radius 2 is 2.04 bits per heavy atom. The third kappa shape index (κ3) is 3.16. The number of anilines is 2. The smallest absolute Gasteiger partial charge is 0.335 e. The lowest BCUT2D eigenvalue weighted by Gasteiger charge is -2.36. The third-order valence-corrected chi connectivity index (χ3v) is 4.17. The molecule has 7 heteroatoms. The van der Waals surface area contributed by atoms with Gasteiger partial charge in [0.05, 0.1) is 35.7 Å². The van der Waals surface area contributed by atoms with E-state index in [0.717, 1.165) is 6.42 Å². The summed E-state index contributed by atoms with van der Waals surface area (Å²) in [6, 6.07) is 4.43. The molecule has 0 saturated carbocycles. The topological polar surface area (TPSA) is 110 Å². The zero-order valence-corrected chi connectivity index (χ0v) is 13.1. The predicted octanol–water partition coefficient (Wildman–Crippen LogP) is 1.06. The minimum atomic E-state index is -1.06. The van der Waals surface area contributed by atoms with Crippen molar-refractivity contribution in [2.75, 3.05) is 30.0 Å². The zero-order valence-electron chi connectivity index (χ0n) is 13.1. The highest BCUT2D eigenvalue weighted by Crippen LogP contribution is 2.39. The van der Waals surface area contributed by atoms with E-state index in [4.69, 9.17) is 5.11 Å². The van der Waals surface area contributed by atoms with Crippen LogP contribution in [0.4, 0.5) is 11.4 Å². The number of carboxylic acid groups (broad SMARTS) is 1. The van der Waals surface area contributed by atoms with Gasteiger partial charge in [-0.3, -0.25) is 9.69 Å². The maximum absolute atomic E-state index is 12.3. The zero-order chi connectivity index (χ0) is 17.0. The lowest BCUT2D eigenvalue weighted by molar-refractivity contribution is -0.117. The molecule has 0 atom stereocenters. The van der Waals surface area contributed by atoms with Crippen LogP contribution in [-0.2, 0) is 4.79 Å². The highest BCUT2D eigenvalue weighted by molar-refractivity contribution is 6.01. The Morgan fingerprint density at radius 1 is 1.35 bits per heavy atom. The van der Waals surface area contributed by atoms with Crippen LogP contribution in [0.3, 0.4) is 0 Å². The van der Waals surface area contributed by atoms with Crippen molar-refractivity contribution < 1.29 is 24.9 Å². The Balaban J connectivity index is 2.51. The first-order valence-electron chi connectivity index (χ1n) is 7.65. The number of carboxylic acids is 1. The average molecular weight is 322 g/mol. The van der Waals surface area contributed by atoms with E-state index in [9.17, 15) is 19.8 Å². The van der Waals surface area contributed by atoms with Crippen LogP contribution in [0.25, 0.3) is 0 Å². The molecule has 4 N–H and O–H groups in total. The number of carbonyl (C=O) groups excluding carboxylic acids is 1. The third-order valence-electron chi connectivity index (χ3n) is 4.17. The monoisotopic (exact) mass is 322 g/mol. The first kappa shape index (κ1) is 17.2. The maximum atomic E-state index is 12.3. The fraction of sp³-hybridized carbons (Fsp3) is 0.500. The molecule has 1 aromatic rings. The van der Waals surface area contributed by atoms with Crippen molar-refractivity contribution in [3.8, 4) is 0 Å². The summed E-state index contributed by atoms with van der Waals surface area (Å²) < 4.78 is 0. The normalized spacial score (nSPS) is 16.7. The van der Waals surface area contributed by atoms with Gasteiger partial charge in [-0.25, -0.2) is 4.79 Å². The fourth-order valence-corrected chi connectivity index (χ4v) is 2.83. The van der Waals surface area contributed by atoms with Gasteiger partial charge in [0.2, 0.25) is 5.91 Å². The van der Waals surface area contributed by atoms with E-state index in [0.29, 0.717) is 24.3 Å². The van der Waals surface area contributed by atoms with Crippen molar-refractivity contribution in [3.63, 3.8) is 0 Å². The molecule has 0 unspecified atom stereocenters. The van der Waals surface area contributed by atoms with Crippen molar-refractivity contribution >= 4 is 23.3 Å². The number of nitrogens with zero attached hydrogens (tertiary/aromatic N) is 1. The molecule has 1 saturated heterocycles. The number of carbonyl (C=O) groups is 2. The van der Waals surface area contributed by atoms with Gasteiger partial charge in [-0.1, -0.05) is 6.92 Å². The molecule has 0 aromatic heterocycles. The molecule has 1 aliphatic rings. The second kappa shape index (κ2) is 6.97. The summed E-state index contributed by atoms with van der Waals surface area (Å²) in [6.45, 7) is 1.87. The van der Waals surface area contributed by atoms with E-state index in [2.05, 4.69) is 5.32 Å². The van der Waals surface area contributed by atoms with E-state index in [1.165, 1.54) is 17.0 Å². The first-order valence-corrected chi connectivity index (χ1v) is 7.65. The Labute approximate surface area is 134 Å². The van der Waals surface area contributed by atoms with Gasteiger partial charge in [0.25, 0.3) is 0 Å². The highest BCUT2D eigenvalue weighted by atomic mass is 16.4. The lowest BCUT2D eigenvalue weighted by Crippen LogP contribution is -2.52. The summed E-state index contributed by atoms with van der Waals surface area (Å²) >= 11 is 0. The van der Waals surface area contributed by atoms with Gasteiger partial charge in [0.15, 0.2) is 0 Å². The molecule has 1 heterocycles. The van der Waals surface area contributed by atoms with Gasteiger partial charge in [-0.05, 0) is 31.0 Å². The summed E-state index contributed by atoms with van der Waals surface area (Å²) in [4.78, 5) is 24.9. The van der Waals surface area contributed by atoms with Crippen molar-refractivity contribution in [1.29, 1.82) is 0 Å². The van der Waals surface area contributed by atoms with E-state index >= 15 is 0 Å². The Hall–Kier alpha value is -2.12. The molecule has 1 amide bonds. The number of hydrogen-bond donors (Lipinski definition) is 4. The summed E-state index contributed by atoms with van der Waals surface area (Å²) in [5.41, 5.74) is 0.0460. The van der Waals surface area contributed by atoms with E-state index in [-0.39, 0.29) is 31.1 Å². The molecule has 0 spiro atoms. The molecule has 1 fully saturated rings. The SMILES string of the molecule is CCCNc1cc(C(=O)O)ccc1N1C(=O)CCC1(CO)CO. The van der Waals surface area contributed by atoms with Crippen molar-refractivity contribution in [1.82, 2.24) is 0 Å². The lowest BCUT2D eigenvalue weighted by atomic mass is 9.97. The van der Waals surface area contributed by atoms with Crippen molar-refractivity contribution in [2.24, 2.45) is 0 Å². The number of benzene rings is 1. The first-order chi connectivity index (χ1) is 11.0. The van der Waals surface area contributed by atoms with Crippen LogP contribution in [0.15, 0.2) is 18.2 Å². The molecular weight excluding hydrogens is 300 g/mol. The number of nitrogens with one attached hydrogen (secondary N) is 1. The summed E-state index contributed by atoms with van der Waals surface area (Å²) in [6.07, 6.45) is 1.41. The number of aliphatic hydroxyl groups is 2. The van der Waals surface area contributed by atoms with Crippen LogP contribution < -0.4 is 10.2 Å². The molecule has 0 radical (unpaired) electrons. The average Bonchev–Trinajstić information content (AvgIpc) is 2.89. The quantitative estimate of drug-likeness (QED) is 0.597. The Bertz CT molecular complexity index is 598. The number of aliphatic hydroxyl groups excluding tert-OH is 2. The number of rotatable bonds is 7.